The number of hydrogen-bond acceptors (Lipinski definition) is 4. The topological polar surface area (TPSA) is 52.0 Å². The second kappa shape index (κ2) is 5.11. The van der Waals surface area contributed by atoms with E-state index in [2.05, 4.69) is 4.98 Å². The number of hydrogen-bond donors (Lipinski definition) is 1. The predicted octanol–water partition coefficient (Wildman–Crippen LogP) is 3.59. The number of thiophene rings is 1. The zero-order chi connectivity index (χ0) is 13.2. The molecule has 0 saturated carbocycles. The molecule has 3 aromatic rings. The maximum Gasteiger partial charge on any atom is 0.194 e. The van der Waals surface area contributed by atoms with E-state index in [1.54, 1.807) is 12.3 Å². The number of nitrogens with two attached hydrogens (primary N) is 1. The molecule has 0 bridgehead atoms. The lowest BCUT2D eigenvalue weighted by Crippen LogP contribution is -2.00. The van der Waals surface area contributed by atoms with Crippen LogP contribution >= 0.6 is 11.3 Å². The number of nitrogens with zero attached hydrogens (tertiary/aromatic N) is 1. The van der Waals surface area contributed by atoms with Crippen molar-refractivity contribution in [3.05, 3.63) is 42.2 Å². The van der Waals surface area contributed by atoms with Crippen molar-refractivity contribution in [3.8, 4) is 10.6 Å². The predicted molar refractivity (Wildman–Crippen MR) is 74.7 cm³/mol. The van der Waals surface area contributed by atoms with Crippen molar-refractivity contribution < 1.29 is 8.81 Å². The highest BCUT2D eigenvalue weighted by Crippen LogP contribution is 2.34. The molecule has 0 aliphatic carbocycles. The van der Waals surface area contributed by atoms with E-state index < -0.39 is 0 Å². The summed E-state index contributed by atoms with van der Waals surface area (Å²) >= 11 is 1.50. The quantitative estimate of drug-likeness (QED) is 0.792. The van der Waals surface area contributed by atoms with Crippen LogP contribution in [0.25, 0.3) is 20.7 Å². The molecule has 0 spiro atoms. The zero-order valence-electron chi connectivity index (χ0n) is 10.2. The van der Waals surface area contributed by atoms with Gasteiger partial charge in [-0.05, 0) is 36.6 Å². The van der Waals surface area contributed by atoms with Crippen molar-refractivity contribution in [2.24, 2.45) is 5.73 Å². The van der Waals surface area contributed by atoms with E-state index in [1.807, 2.05) is 6.07 Å². The number of fused-ring (bicyclic) bond motifs is 1. The molecule has 3 nitrogen and oxygen atoms in total. The van der Waals surface area contributed by atoms with Crippen molar-refractivity contribution in [3.63, 3.8) is 0 Å². The Hall–Kier alpha value is -1.72. The normalized spacial score (nSPS) is 11.3. The molecule has 2 heterocycles. The first kappa shape index (κ1) is 12.3. The second-order valence-corrected chi connectivity index (χ2v) is 5.39. The summed E-state index contributed by atoms with van der Waals surface area (Å²) < 4.78 is 19.7. The third kappa shape index (κ3) is 2.52. The van der Waals surface area contributed by atoms with Crippen LogP contribution in [0.5, 0.6) is 0 Å². The first-order chi connectivity index (χ1) is 9.26. The van der Waals surface area contributed by atoms with Crippen LogP contribution in [0.15, 0.2) is 34.9 Å². The highest BCUT2D eigenvalue weighted by atomic mass is 32.1. The Balaban J connectivity index is 1.92. The van der Waals surface area contributed by atoms with E-state index in [9.17, 15) is 4.39 Å². The van der Waals surface area contributed by atoms with Crippen molar-refractivity contribution in [1.29, 1.82) is 0 Å². The molecule has 0 radical (unpaired) electrons. The summed E-state index contributed by atoms with van der Waals surface area (Å²) in [4.78, 5) is 5.19. The molecule has 98 valence electrons. The van der Waals surface area contributed by atoms with E-state index in [1.165, 1.54) is 23.5 Å². The van der Waals surface area contributed by atoms with Crippen molar-refractivity contribution in [1.82, 2.24) is 4.98 Å². The van der Waals surface area contributed by atoms with Crippen molar-refractivity contribution >= 4 is 21.4 Å². The highest BCUT2D eigenvalue weighted by Gasteiger charge is 2.10. The lowest BCUT2D eigenvalue weighted by Gasteiger charge is -1.91. The number of aryl methyl sites for hydroxylation is 1. The number of benzene rings is 1. The number of oxazole rings is 1. The van der Waals surface area contributed by atoms with Crippen LogP contribution < -0.4 is 5.73 Å². The fourth-order valence-electron chi connectivity index (χ4n) is 1.92. The monoisotopic (exact) mass is 276 g/mol. The van der Waals surface area contributed by atoms with Gasteiger partial charge in [-0.2, -0.15) is 0 Å². The van der Waals surface area contributed by atoms with Gasteiger partial charge in [0.1, 0.15) is 5.82 Å². The Morgan fingerprint density at radius 3 is 3.05 bits per heavy atom. The molecular weight excluding hydrogens is 263 g/mol. The van der Waals surface area contributed by atoms with Gasteiger partial charge in [-0.25, -0.2) is 9.37 Å². The number of halogens is 1. The molecule has 0 saturated heterocycles. The summed E-state index contributed by atoms with van der Waals surface area (Å²) in [5.41, 5.74) is 5.46. The van der Waals surface area contributed by atoms with Crippen LogP contribution in [0.2, 0.25) is 0 Å². The lowest BCUT2D eigenvalue weighted by atomic mass is 10.2. The molecule has 0 amide bonds. The maximum atomic E-state index is 13.2. The highest BCUT2D eigenvalue weighted by molar-refractivity contribution is 7.22. The third-order valence-corrected chi connectivity index (χ3v) is 3.99. The summed E-state index contributed by atoms with van der Waals surface area (Å²) in [5, 5.41) is 1.02. The zero-order valence-corrected chi connectivity index (χ0v) is 11.0. The van der Waals surface area contributed by atoms with Crippen molar-refractivity contribution in [2.45, 2.75) is 12.8 Å². The van der Waals surface area contributed by atoms with E-state index in [0.29, 0.717) is 12.4 Å². The van der Waals surface area contributed by atoms with Gasteiger partial charge in [0.25, 0.3) is 0 Å². The van der Waals surface area contributed by atoms with E-state index >= 15 is 0 Å². The molecule has 0 aliphatic heterocycles. The second-order valence-electron chi connectivity index (χ2n) is 4.30. The average molecular weight is 276 g/mol. The average Bonchev–Trinajstić information content (AvgIpc) is 3.01. The summed E-state index contributed by atoms with van der Waals surface area (Å²) in [6, 6.07) is 6.77. The lowest BCUT2D eigenvalue weighted by molar-refractivity contribution is 0.500. The Kier molecular flexibility index (Phi) is 3.31. The standard InChI is InChI=1S/C14H13FN2OS/c15-10-4-3-9-6-13(19-12(9)7-10)11-8-17-14(18-11)2-1-5-16/h3-4,6-8H,1-2,5,16H2. The Labute approximate surface area is 113 Å². The van der Waals surface area contributed by atoms with E-state index in [-0.39, 0.29) is 5.82 Å². The van der Waals surface area contributed by atoms with E-state index in [4.69, 9.17) is 10.2 Å². The molecule has 19 heavy (non-hydrogen) atoms. The summed E-state index contributed by atoms with van der Waals surface area (Å²) in [6.45, 7) is 0.625. The number of aromatic nitrogens is 1. The molecule has 2 aromatic heterocycles. The van der Waals surface area contributed by atoms with Crippen LogP contribution in [0.4, 0.5) is 4.39 Å². The Morgan fingerprint density at radius 1 is 1.32 bits per heavy atom. The molecule has 0 atom stereocenters. The SMILES string of the molecule is NCCCc1ncc(-c2cc3ccc(F)cc3s2)o1. The Morgan fingerprint density at radius 2 is 2.21 bits per heavy atom. The van der Waals surface area contributed by atoms with Gasteiger partial charge >= 0.3 is 0 Å². The van der Waals surface area contributed by atoms with Gasteiger partial charge in [0.15, 0.2) is 11.7 Å². The molecule has 3 rings (SSSR count). The summed E-state index contributed by atoms with van der Waals surface area (Å²) in [7, 11) is 0. The third-order valence-electron chi connectivity index (χ3n) is 2.87. The van der Waals surface area contributed by atoms with Crippen LogP contribution in [0.3, 0.4) is 0 Å². The molecule has 5 heteroatoms. The fraction of sp³-hybridized carbons (Fsp3) is 0.214. The fourth-order valence-corrected chi connectivity index (χ4v) is 2.95. The minimum atomic E-state index is -0.220. The smallest absolute Gasteiger partial charge is 0.194 e. The van der Waals surface area contributed by atoms with Gasteiger partial charge in [-0.3, -0.25) is 0 Å². The van der Waals surface area contributed by atoms with Gasteiger partial charge in [-0.1, -0.05) is 6.07 Å². The van der Waals surface area contributed by atoms with Crippen LogP contribution in [-0.2, 0) is 6.42 Å². The van der Waals surface area contributed by atoms with Gasteiger partial charge in [0.2, 0.25) is 0 Å². The molecular formula is C14H13FN2OS. The first-order valence-electron chi connectivity index (χ1n) is 6.10. The first-order valence-corrected chi connectivity index (χ1v) is 6.92. The molecule has 2 N–H and O–H groups in total. The van der Waals surface area contributed by atoms with Gasteiger partial charge in [0.05, 0.1) is 11.1 Å². The largest absolute Gasteiger partial charge is 0.440 e. The van der Waals surface area contributed by atoms with Crippen LogP contribution in [0, 0.1) is 5.82 Å². The molecule has 1 aromatic carbocycles. The summed E-state index contributed by atoms with van der Waals surface area (Å²) in [6.07, 6.45) is 3.32. The molecule has 0 aliphatic rings. The summed E-state index contributed by atoms with van der Waals surface area (Å²) in [5.74, 6) is 1.21. The minimum Gasteiger partial charge on any atom is -0.440 e. The van der Waals surface area contributed by atoms with Gasteiger partial charge in [0, 0.05) is 11.1 Å². The van der Waals surface area contributed by atoms with Crippen molar-refractivity contribution in [2.75, 3.05) is 6.54 Å². The van der Waals surface area contributed by atoms with Gasteiger partial charge < -0.3 is 10.2 Å². The Bertz CT molecular complexity index is 704. The minimum absolute atomic E-state index is 0.220. The van der Waals surface area contributed by atoms with Crippen LogP contribution in [-0.4, -0.2) is 11.5 Å². The van der Waals surface area contributed by atoms with Gasteiger partial charge in [-0.15, -0.1) is 11.3 Å². The number of rotatable bonds is 4. The maximum absolute atomic E-state index is 13.2. The van der Waals surface area contributed by atoms with E-state index in [0.717, 1.165) is 33.6 Å². The molecule has 0 fully saturated rings. The molecule has 0 unspecified atom stereocenters. The van der Waals surface area contributed by atoms with Crippen LogP contribution in [0.1, 0.15) is 12.3 Å².